The van der Waals surface area contributed by atoms with Crippen molar-refractivity contribution in [3.8, 4) is 0 Å². The molecule has 0 aromatic heterocycles. The number of hydrogen-bond acceptors (Lipinski definition) is 3. The number of benzene rings is 2. The summed E-state index contributed by atoms with van der Waals surface area (Å²) in [5.74, 6) is -0.101. The van der Waals surface area contributed by atoms with E-state index in [1.807, 2.05) is 48.5 Å². The first kappa shape index (κ1) is 16.3. The fourth-order valence-corrected chi connectivity index (χ4v) is 3.30. The molecule has 116 valence electrons. The summed E-state index contributed by atoms with van der Waals surface area (Å²) in [4.78, 5) is 17.3. The number of carbonyl (C=O) groups excluding carboxylic acids is 1. The van der Waals surface area contributed by atoms with Gasteiger partial charge in [0.1, 0.15) is 0 Å². The zero-order valence-corrected chi connectivity index (χ0v) is 15.7. The molecule has 23 heavy (non-hydrogen) atoms. The van der Waals surface area contributed by atoms with Gasteiger partial charge in [0, 0.05) is 3.57 Å². The summed E-state index contributed by atoms with van der Waals surface area (Å²) in [6, 6.07) is 14.1. The fraction of sp³-hybridized carbons (Fsp3) is 0.111. The normalized spacial score (nSPS) is 17.8. The minimum absolute atomic E-state index is 0.101. The molecular weight excluding hydrogens is 419 g/mol. The Morgan fingerprint density at radius 2 is 1.83 bits per heavy atom. The van der Waals surface area contributed by atoms with Gasteiger partial charge in [-0.3, -0.25) is 4.79 Å². The van der Waals surface area contributed by atoms with Gasteiger partial charge in [-0.2, -0.15) is 0 Å². The number of halogens is 1. The van der Waals surface area contributed by atoms with E-state index < -0.39 is 0 Å². The van der Waals surface area contributed by atoms with Crippen molar-refractivity contribution in [2.45, 2.75) is 13.8 Å². The molecule has 0 spiro atoms. The van der Waals surface area contributed by atoms with Crippen LogP contribution in [0.3, 0.4) is 0 Å². The average molecular weight is 434 g/mol. The van der Waals surface area contributed by atoms with Crippen molar-refractivity contribution in [1.82, 2.24) is 5.32 Å². The molecule has 2 aromatic carbocycles. The monoisotopic (exact) mass is 434 g/mol. The maximum Gasteiger partial charge on any atom is 0.264 e. The van der Waals surface area contributed by atoms with Crippen LogP contribution in [0.1, 0.15) is 16.7 Å². The Hall–Kier alpha value is -1.60. The number of aryl methyl sites for hydroxylation is 2. The van der Waals surface area contributed by atoms with Gasteiger partial charge in [-0.15, -0.1) is 0 Å². The van der Waals surface area contributed by atoms with Gasteiger partial charge >= 0.3 is 0 Å². The van der Waals surface area contributed by atoms with E-state index in [9.17, 15) is 4.79 Å². The summed E-state index contributed by atoms with van der Waals surface area (Å²) in [6.45, 7) is 4.13. The lowest BCUT2D eigenvalue weighted by Gasteiger charge is -2.01. The quantitative estimate of drug-likeness (QED) is 0.545. The minimum Gasteiger partial charge on any atom is -0.300 e. The standard InChI is InChI=1S/C18H15IN2OS/c1-11-3-8-15(9-12(11)2)20-18-21-17(22)16(23-18)10-13-4-6-14(19)7-5-13/h3-10H,1-2H3,(H,20,21,22)/b16-10-. The summed E-state index contributed by atoms with van der Waals surface area (Å²) in [5.41, 5.74) is 4.29. The smallest absolute Gasteiger partial charge is 0.264 e. The molecule has 1 amide bonds. The number of nitrogens with zero attached hydrogens (tertiary/aromatic N) is 1. The number of hydrogen-bond donors (Lipinski definition) is 1. The number of amides is 1. The predicted molar refractivity (Wildman–Crippen MR) is 106 cm³/mol. The van der Waals surface area contributed by atoms with Gasteiger partial charge in [0.15, 0.2) is 5.17 Å². The molecular formula is C18H15IN2OS. The van der Waals surface area contributed by atoms with Crippen LogP contribution >= 0.6 is 34.4 Å². The Morgan fingerprint density at radius 3 is 2.52 bits per heavy atom. The molecule has 0 saturated carbocycles. The van der Waals surface area contributed by atoms with E-state index in [0.29, 0.717) is 10.1 Å². The number of amidine groups is 1. The Bertz CT molecular complexity index is 825. The highest BCUT2D eigenvalue weighted by Crippen LogP contribution is 2.28. The van der Waals surface area contributed by atoms with Crippen LogP contribution in [0, 0.1) is 17.4 Å². The highest BCUT2D eigenvalue weighted by atomic mass is 127. The molecule has 2 aromatic rings. The molecule has 0 radical (unpaired) electrons. The van der Waals surface area contributed by atoms with Crippen LogP contribution in [0.4, 0.5) is 5.69 Å². The number of aliphatic imine (C=N–C) groups is 1. The first-order valence-corrected chi connectivity index (χ1v) is 9.03. The van der Waals surface area contributed by atoms with Crippen LogP contribution in [-0.4, -0.2) is 11.1 Å². The summed E-state index contributed by atoms with van der Waals surface area (Å²) in [7, 11) is 0. The van der Waals surface area contributed by atoms with Crippen molar-refractivity contribution < 1.29 is 4.79 Å². The fourth-order valence-electron chi connectivity index (χ4n) is 2.10. The van der Waals surface area contributed by atoms with Gasteiger partial charge in [-0.05, 0) is 95.2 Å². The molecule has 0 aliphatic carbocycles. The SMILES string of the molecule is Cc1ccc(N=C2NC(=O)/C(=C/c3ccc(I)cc3)S2)cc1C. The summed E-state index contributed by atoms with van der Waals surface area (Å²) >= 11 is 3.63. The first-order chi connectivity index (χ1) is 11.0. The van der Waals surface area contributed by atoms with Gasteiger partial charge in [0.2, 0.25) is 0 Å². The van der Waals surface area contributed by atoms with Crippen LogP contribution in [0.5, 0.6) is 0 Å². The lowest BCUT2D eigenvalue weighted by Crippen LogP contribution is -2.19. The van der Waals surface area contributed by atoms with Gasteiger partial charge < -0.3 is 5.32 Å². The molecule has 3 nitrogen and oxygen atoms in total. The van der Waals surface area contributed by atoms with Crippen molar-refractivity contribution in [2.24, 2.45) is 4.99 Å². The van der Waals surface area contributed by atoms with Gasteiger partial charge in [-0.25, -0.2) is 4.99 Å². The molecule has 1 aliphatic heterocycles. The molecule has 1 heterocycles. The van der Waals surface area contributed by atoms with E-state index in [4.69, 9.17) is 0 Å². The van der Waals surface area contributed by atoms with E-state index in [1.165, 1.54) is 26.5 Å². The molecule has 0 atom stereocenters. The van der Waals surface area contributed by atoms with Crippen molar-refractivity contribution in [1.29, 1.82) is 0 Å². The first-order valence-electron chi connectivity index (χ1n) is 7.14. The summed E-state index contributed by atoms with van der Waals surface area (Å²) < 4.78 is 1.17. The van der Waals surface area contributed by atoms with Crippen molar-refractivity contribution in [3.63, 3.8) is 0 Å². The van der Waals surface area contributed by atoms with Crippen molar-refractivity contribution >= 4 is 57.2 Å². The third-order valence-corrected chi connectivity index (χ3v) is 5.17. The Morgan fingerprint density at radius 1 is 1.09 bits per heavy atom. The Labute approximate surface area is 153 Å². The second-order valence-electron chi connectivity index (χ2n) is 5.30. The second kappa shape index (κ2) is 6.88. The van der Waals surface area contributed by atoms with Gasteiger partial charge in [0.25, 0.3) is 5.91 Å². The molecule has 1 saturated heterocycles. The maximum absolute atomic E-state index is 12.1. The van der Waals surface area contributed by atoms with Crippen LogP contribution in [-0.2, 0) is 4.79 Å². The molecule has 0 bridgehead atoms. The number of carbonyl (C=O) groups is 1. The lowest BCUT2D eigenvalue weighted by molar-refractivity contribution is -0.115. The van der Waals surface area contributed by atoms with E-state index >= 15 is 0 Å². The second-order valence-corrected chi connectivity index (χ2v) is 7.58. The molecule has 0 unspecified atom stereocenters. The van der Waals surface area contributed by atoms with Crippen LogP contribution in [0.15, 0.2) is 52.4 Å². The third kappa shape index (κ3) is 4.03. The Kier molecular flexibility index (Phi) is 4.87. The predicted octanol–water partition coefficient (Wildman–Crippen LogP) is 4.80. The van der Waals surface area contributed by atoms with Crippen molar-refractivity contribution in [2.75, 3.05) is 0 Å². The molecule has 1 N–H and O–H groups in total. The Balaban J connectivity index is 1.82. The van der Waals surface area contributed by atoms with Crippen LogP contribution in [0.25, 0.3) is 6.08 Å². The lowest BCUT2D eigenvalue weighted by atomic mass is 10.1. The number of thioether (sulfide) groups is 1. The zero-order chi connectivity index (χ0) is 16.4. The molecule has 5 heteroatoms. The molecule has 3 rings (SSSR count). The van der Waals surface area contributed by atoms with Crippen LogP contribution < -0.4 is 5.32 Å². The minimum atomic E-state index is -0.101. The van der Waals surface area contributed by atoms with Crippen LogP contribution in [0.2, 0.25) is 0 Å². The van der Waals surface area contributed by atoms with E-state index in [1.54, 1.807) is 0 Å². The van der Waals surface area contributed by atoms with E-state index in [2.05, 4.69) is 46.7 Å². The molecule has 1 aliphatic rings. The third-order valence-electron chi connectivity index (χ3n) is 3.54. The van der Waals surface area contributed by atoms with Gasteiger partial charge in [0.05, 0.1) is 10.6 Å². The van der Waals surface area contributed by atoms with Crippen molar-refractivity contribution in [3.05, 3.63) is 67.6 Å². The highest BCUT2D eigenvalue weighted by molar-refractivity contribution is 14.1. The highest BCUT2D eigenvalue weighted by Gasteiger charge is 2.23. The molecule has 1 fully saturated rings. The summed E-state index contributed by atoms with van der Waals surface area (Å²) in [6.07, 6.45) is 1.89. The number of rotatable bonds is 2. The topological polar surface area (TPSA) is 41.5 Å². The maximum atomic E-state index is 12.1. The zero-order valence-electron chi connectivity index (χ0n) is 12.8. The van der Waals surface area contributed by atoms with Gasteiger partial charge in [-0.1, -0.05) is 18.2 Å². The summed E-state index contributed by atoms with van der Waals surface area (Å²) in [5, 5.41) is 3.44. The average Bonchev–Trinajstić information content (AvgIpc) is 2.85. The van der Waals surface area contributed by atoms with E-state index in [-0.39, 0.29) is 5.91 Å². The number of nitrogens with one attached hydrogen (secondary N) is 1. The van der Waals surface area contributed by atoms with E-state index in [0.717, 1.165) is 11.3 Å². The largest absolute Gasteiger partial charge is 0.300 e.